The summed E-state index contributed by atoms with van der Waals surface area (Å²) in [7, 11) is 0. The first-order valence-electron chi connectivity index (χ1n) is 9.07. The zero-order valence-corrected chi connectivity index (χ0v) is 15.7. The molecule has 1 spiro atoms. The number of piperidine rings is 1. The van der Waals surface area contributed by atoms with E-state index in [0.29, 0.717) is 30.8 Å². The summed E-state index contributed by atoms with van der Waals surface area (Å²) in [4.78, 5) is 29.0. The lowest BCUT2D eigenvalue weighted by atomic mass is 9.76. The van der Waals surface area contributed by atoms with Gasteiger partial charge in [0.05, 0.1) is 5.69 Å². The molecule has 2 aliphatic rings. The summed E-state index contributed by atoms with van der Waals surface area (Å²) in [5, 5.41) is 13.6. The average molecular weight is 366 g/mol. The second-order valence-corrected chi connectivity index (χ2v) is 7.98. The number of rotatable bonds is 5. The highest BCUT2D eigenvalue weighted by Gasteiger charge is 2.48. The number of aromatic nitrogens is 2. The fraction of sp³-hybridized carbons (Fsp3) is 0.765. The van der Waals surface area contributed by atoms with Crippen molar-refractivity contribution in [2.75, 3.05) is 26.2 Å². The Labute approximate surface area is 152 Å². The molecule has 0 aliphatic carbocycles. The molecule has 1 amide bonds. The van der Waals surface area contributed by atoms with Gasteiger partial charge in [-0.25, -0.2) is 0 Å². The molecule has 1 atom stereocenters. The van der Waals surface area contributed by atoms with E-state index >= 15 is 0 Å². The maximum absolute atomic E-state index is 12.7. The van der Waals surface area contributed by atoms with Gasteiger partial charge in [0, 0.05) is 19.6 Å². The summed E-state index contributed by atoms with van der Waals surface area (Å²) in [5.74, 6) is -0.688. The van der Waals surface area contributed by atoms with Crippen molar-refractivity contribution in [3.05, 3.63) is 10.6 Å². The number of likely N-dealkylation sites (tertiary alicyclic amines) is 2. The molecule has 0 unspecified atom stereocenters. The third-order valence-corrected chi connectivity index (χ3v) is 6.35. The van der Waals surface area contributed by atoms with E-state index in [-0.39, 0.29) is 17.4 Å². The van der Waals surface area contributed by atoms with Gasteiger partial charge in [-0.05, 0) is 55.6 Å². The van der Waals surface area contributed by atoms with E-state index in [4.69, 9.17) is 0 Å². The molecule has 1 aromatic rings. The Kier molecular flexibility index (Phi) is 5.38. The van der Waals surface area contributed by atoms with E-state index in [1.54, 1.807) is 0 Å². The second kappa shape index (κ2) is 7.37. The fourth-order valence-corrected chi connectivity index (χ4v) is 4.92. The Balaban J connectivity index is 1.65. The Bertz CT molecular complexity index is 640. The topological polar surface area (TPSA) is 86.6 Å². The van der Waals surface area contributed by atoms with Crippen LogP contribution in [0.25, 0.3) is 0 Å². The quantitative estimate of drug-likeness (QED) is 0.856. The highest BCUT2D eigenvalue weighted by Crippen LogP contribution is 2.43. The minimum atomic E-state index is -0.716. The highest BCUT2D eigenvalue weighted by molar-refractivity contribution is 7.08. The van der Waals surface area contributed by atoms with Crippen LogP contribution in [-0.4, -0.2) is 68.6 Å². The van der Waals surface area contributed by atoms with Crippen molar-refractivity contribution in [2.45, 2.75) is 52.0 Å². The number of hydrogen-bond donors (Lipinski definition) is 1. The van der Waals surface area contributed by atoms with Crippen LogP contribution >= 0.6 is 11.5 Å². The van der Waals surface area contributed by atoms with Crippen LogP contribution in [0.3, 0.4) is 0 Å². The Morgan fingerprint density at radius 3 is 2.64 bits per heavy atom. The SMILES string of the molecule is CCCN1CC2(CCN(C(=O)c3snnc3CC)CC2)C[C@H]1C(=O)O. The Morgan fingerprint density at radius 2 is 2.04 bits per heavy atom. The lowest BCUT2D eigenvalue weighted by Crippen LogP contribution is -2.44. The van der Waals surface area contributed by atoms with Crippen LogP contribution in [0.4, 0.5) is 0 Å². The lowest BCUT2D eigenvalue weighted by molar-refractivity contribution is -0.142. The molecule has 3 heterocycles. The van der Waals surface area contributed by atoms with Gasteiger partial charge in [0.25, 0.3) is 5.91 Å². The number of carbonyl (C=O) groups is 2. The minimum Gasteiger partial charge on any atom is -0.480 e. The summed E-state index contributed by atoms with van der Waals surface area (Å²) in [6.07, 6.45) is 4.11. The molecule has 2 fully saturated rings. The molecule has 138 valence electrons. The predicted molar refractivity (Wildman–Crippen MR) is 94.8 cm³/mol. The van der Waals surface area contributed by atoms with Crippen LogP contribution in [0.5, 0.6) is 0 Å². The zero-order chi connectivity index (χ0) is 18.0. The number of carbonyl (C=O) groups excluding carboxylic acids is 1. The van der Waals surface area contributed by atoms with Gasteiger partial charge in [-0.15, -0.1) is 5.10 Å². The van der Waals surface area contributed by atoms with E-state index in [2.05, 4.69) is 21.4 Å². The summed E-state index contributed by atoms with van der Waals surface area (Å²) >= 11 is 1.17. The number of carboxylic acids is 1. The third-order valence-electron chi connectivity index (χ3n) is 5.60. The normalized spacial score (nSPS) is 23.3. The number of aryl methyl sites for hydroxylation is 1. The Hall–Kier alpha value is -1.54. The predicted octanol–water partition coefficient (Wildman–Crippen LogP) is 1.89. The van der Waals surface area contributed by atoms with Crippen LogP contribution in [0.15, 0.2) is 0 Å². The number of amides is 1. The van der Waals surface area contributed by atoms with Gasteiger partial charge in [0.1, 0.15) is 10.9 Å². The van der Waals surface area contributed by atoms with Crippen molar-refractivity contribution < 1.29 is 14.7 Å². The molecule has 2 saturated heterocycles. The van der Waals surface area contributed by atoms with E-state index in [9.17, 15) is 14.7 Å². The summed E-state index contributed by atoms with van der Waals surface area (Å²) in [6.45, 7) is 7.10. The second-order valence-electron chi connectivity index (χ2n) is 7.22. The molecule has 0 radical (unpaired) electrons. The molecule has 7 nitrogen and oxygen atoms in total. The van der Waals surface area contributed by atoms with Gasteiger partial charge in [0.2, 0.25) is 0 Å². The first-order chi connectivity index (χ1) is 12.0. The highest BCUT2D eigenvalue weighted by atomic mass is 32.1. The number of hydrogen-bond acceptors (Lipinski definition) is 6. The third kappa shape index (κ3) is 3.55. The average Bonchev–Trinajstić information content (AvgIpc) is 3.20. The van der Waals surface area contributed by atoms with E-state index < -0.39 is 5.97 Å². The van der Waals surface area contributed by atoms with Gasteiger partial charge in [-0.1, -0.05) is 18.3 Å². The summed E-state index contributed by atoms with van der Waals surface area (Å²) in [6, 6.07) is -0.375. The first kappa shape index (κ1) is 18.3. The van der Waals surface area contributed by atoms with Crippen LogP contribution in [0, 0.1) is 5.41 Å². The van der Waals surface area contributed by atoms with Gasteiger partial charge in [-0.2, -0.15) is 0 Å². The molecular weight excluding hydrogens is 340 g/mol. The molecule has 25 heavy (non-hydrogen) atoms. The van der Waals surface area contributed by atoms with Gasteiger partial charge in [-0.3, -0.25) is 14.5 Å². The molecule has 8 heteroatoms. The minimum absolute atomic E-state index is 0.0277. The molecule has 1 N–H and O–H groups in total. The van der Waals surface area contributed by atoms with E-state index in [1.165, 1.54) is 11.5 Å². The standard InChI is InChI=1S/C17H26N4O3S/c1-3-7-21-11-17(10-13(21)16(23)24)5-8-20(9-6-17)15(22)14-12(4-2)18-19-25-14/h13H,3-11H2,1-2H3,(H,23,24)/t13-/m0/s1. The smallest absolute Gasteiger partial charge is 0.320 e. The van der Waals surface area contributed by atoms with Gasteiger partial charge < -0.3 is 10.0 Å². The van der Waals surface area contributed by atoms with Crippen molar-refractivity contribution in [2.24, 2.45) is 5.41 Å². The number of carboxylic acid groups (broad SMARTS) is 1. The Morgan fingerprint density at radius 1 is 1.32 bits per heavy atom. The molecule has 0 saturated carbocycles. The van der Waals surface area contributed by atoms with Crippen LogP contribution in [0.2, 0.25) is 0 Å². The van der Waals surface area contributed by atoms with Crippen molar-refractivity contribution >= 4 is 23.4 Å². The number of aliphatic carboxylic acids is 1. The molecule has 0 bridgehead atoms. The van der Waals surface area contributed by atoms with Crippen molar-refractivity contribution in [1.82, 2.24) is 19.4 Å². The van der Waals surface area contributed by atoms with Gasteiger partial charge in [0.15, 0.2) is 0 Å². The summed E-state index contributed by atoms with van der Waals surface area (Å²) in [5.41, 5.74) is 0.811. The van der Waals surface area contributed by atoms with E-state index in [0.717, 1.165) is 38.0 Å². The van der Waals surface area contributed by atoms with Crippen molar-refractivity contribution in [3.63, 3.8) is 0 Å². The molecule has 1 aromatic heterocycles. The van der Waals surface area contributed by atoms with Crippen molar-refractivity contribution in [3.8, 4) is 0 Å². The maximum Gasteiger partial charge on any atom is 0.320 e. The van der Waals surface area contributed by atoms with Gasteiger partial charge >= 0.3 is 5.97 Å². The molecule has 3 rings (SSSR count). The molecule has 0 aromatic carbocycles. The molecule has 2 aliphatic heterocycles. The molecular formula is C17H26N4O3S. The van der Waals surface area contributed by atoms with Crippen LogP contribution < -0.4 is 0 Å². The first-order valence-corrected chi connectivity index (χ1v) is 9.84. The zero-order valence-electron chi connectivity index (χ0n) is 14.9. The monoisotopic (exact) mass is 366 g/mol. The number of nitrogens with zero attached hydrogens (tertiary/aromatic N) is 4. The fourth-order valence-electron chi connectivity index (χ4n) is 4.20. The van der Waals surface area contributed by atoms with Crippen LogP contribution in [-0.2, 0) is 11.2 Å². The maximum atomic E-state index is 12.7. The lowest BCUT2D eigenvalue weighted by Gasteiger charge is -2.39. The largest absolute Gasteiger partial charge is 0.480 e. The van der Waals surface area contributed by atoms with E-state index in [1.807, 2.05) is 11.8 Å². The van der Waals surface area contributed by atoms with Crippen LogP contribution in [0.1, 0.15) is 54.9 Å². The van der Waals surface area contributed by atoms with Crippen molar-refractivity contribution in [1.29, 1.82) is 0 Å². The summed E-state index contributed by atoms with van der Waals surface area (Å²) < 4.78 is 3.91.